The summed E-state index contributed by atoms with van der Waals surface area (Å²) in [6.45, 7) is 0. The van der Waals surface area contributed by atoms with Gasteiger partial charge < -0.3 is 4.98 Å². The summed E-state index contributed by atoms with van der Waals surface area (Å²) in [6, 6.07) is 7.95. The minimum atomic E-state index is -2.87. The molecule has 80 valence electrons. The first-order valence-electron chi connectivity index (χ1n) is 4.78. The van der Waals surface area contributed by atoms with Crippen LogP contribution in [0.5, 0.6) is 0 Å². The van der Waals surface area contributed by atoms with Gasteiger partial charge in [0, 0.05) is 18.0 Å². The highest BCUT2D eigenvalue weighted by atomic mass is 32.2. The molecule has 0 atom stereocenters. The topological polar surface area (TPSA) is 49.9 Å². The van der Waals surface area contributed by atoms with Gasteiger partial charge in [0.2, 0.25) is 0 Å². The summed E-state index contributed by atoms with van der Waals surface area (Å²) in [6.07, 6.45) is 3.73. The normalized spacial score (nSPS) is 12.1. The number of aryl methyl sites for hydroxylation is 1. The fourth-order valence-corrected chi connectivity index (χ4v) is 2.17. The van der Waals surface area contributed by atoms with Crippen molar-refractivity contribution in [3.63, 3.8) is 0 Å². The summed E-state index contributed by atoms with van der Waals surface area (Å²) >= 11 is 0. The molecule has 2 rings (SSSR count). The maximum Gasteiger partial charge on any atom is 0.147 e. The summed E-state index contributed by atoms with van der Waals surface area (Å²) in [5, 5.41) is 1.13. The van der Waals surface area contributed by atoms with Gasteiger partial charge in [0.25, 0.3) is 0 Å². The van der Waals surface area contributed by atoms with E-state index in [9.17, 15) is 8.42 Å². The second kappa shape index (κ2) is 3.70. The van der Waals surface area contributed by atoms with Crippen LogP contribution in [0.25, 0.3) is 10.9 Å². The lowest BCUT2D eigenvalue weighted by atomic mass is 10.1. The van der Waals surface area contributed by atoms with Crippen LogP contribution in [0.4, 0.5) is 0 Å². The van der Waals surface area contributed by atoms with E-state index in [1.165, 1.54) is 6.26 Å². The molecule has 0 aliphatic carbocycles. The highest BCUT2D eigenvalue weighted by Gasteiger charge is 2.03. The first-order chi connectivity index (χ1) is 7.04. The van der Waals surface area contributed by atoms with E-state index < -0.39 is 9.84 Å². The van der Waals surface area contributed by atoms with E-state index in [-0.39, 0.29) is 5.75 Å². The summed E-state index contributed by atoms with van der Waals surface area (Å²) in [5.74, 6) is 0.211. The number of hydrogen-bond donors (Lipinski definition) is 1. The average Bonchev–Trinajstić information content (AvgIpc) is 2.60. The van der Waals surface area contributed by atoms with E-state index in [4.69, 9.17) is 0 Å². The molecule has 0 amide bonds. The van der Waals surface area contributed by atoms with Gasteiger partial charge in [-0.05, 0) is 35.6 Å². The maximum atomic E-state index is 11.0. The smallest absolute Gasteiger partial charge is 0.147 e. The van der Waals surface area contributed by atoms with Crippen LogP contribution in [0.1, 0.15) is 5.56 Å². The monoisotopic (exact) mass is 223 g/mol. The highest BCUT2D eigenvalue weighted by Crippen LogP contribution is 2.14. The molecule has 2 aromatic rings. The van der Waals surface area contributed by atoms with Crippen molar-refractivity contribution in [3.05, 3.63) is 36.0 Å². The highest BCUT2D eigenvalue weighted by molar-refractivity contribution is 7.90. The van der Waals surface area contributed by atoms with Crippen molar-refractivity contribution in [2.45, 2.75) is 6.42 Å². The summed E-state index contributed by atoms with van der Waals surface area (Å²) in [5.41, 5.74) is 2.14. The standard InChI is InChI=1S/C11H13NO2S/c1-15(13,14)7-5-9-2-3-11-10(8-9)4-6-12-11/h2-4,6,8,12H,5,7H2,1H3. The molecule has 3 nitrogen and oxygen atoms in total. The molecule has 1 N–H and O–H groups in total. The SMILES string of the molecule is CS(=O)(=O)CCc1ccc2[nH]ccc2c1. The zero-order valence-corrected chi connectivity index (χ0v) is 9.34. The number of aromatic amines is 1. The van der Waals surface area contributed by atoms with Crippen molar-refractivity contribution in [2.24, 2.45) is 0 Å². The number of sulfone groups is 1. The Morgan fingerprint density at radius 1 is 1.27 bits per heavy atom. The third-order valence-corrected chi connectivity index (χ3v) is 3.32. The summed E-state index contributed by atoms with van der Waals surface area (Å²) < 4.78 is 22.0. The number of hydrogen-bond acceptors (Lipinski definition) is 2. The predicted octanol–water partition coefficient (Wildman–Crippen LogP) is 1.75. The molecule has 0 aliphatic heterocycles. The zero-order valence-electron chi connectivity index (χ0n) is 8.53. The number of rotatable bonds is 3. The van der Waals surface area contributed by atoms with Crippen molar-refractivity contribution >= 4 is 20.7 Å². The van der Waals surface area contributed by atoms with Crippen LogP contribution in [-0.4, -0.2) is 25.4 Å². The fourth-order valence-electron chi connectivity index (χ4n) is 1.56. The van der Waals surface area contributed by atoms with E-state index >= 15 is 0 Å². The van der Waals surface area contributed by atoms with Gasteiger partial charge in [0.15, 0.2) is 0 Å². The van der Waals surface area contributed by atoms with Gasteiger partial charge in [0.05, 0.1) is 5.75 Å². The van der Waals surface area contributed by atoms with Gasteiger partial charge >= 0.3 is 0 Å². The van der Waals surface area contributed by atoms with Gasteiger partial charge in [-0.25, -0.2) is 8.42 Å². The predicted molar refractivity (Wildman–Crippen MR) is 61.7 cm³/mol. The molecule has 0 aliphatic rings. The van der Waals surface area contributed by atoms with Crippen LogP contribution in [-0.2, 0) is 16.3 Å². The van der Waals surface area contributed by atoms with E-state index in [1.807, 2.05) is 30.5 Å². The molecule has 1 aromatic carbocycles. The van der Waals surface area contributed by atoms with E-state index in [0.29, 0.717) is 6.42 Å². The maximum absolute atomic E-state index is 11.0. The number of H-pyrrole nitrogens is 1. The molecule has 1 heterocycles. The minimum Gasteiger partial charge on any atom is -0.361 e. The minimum absolute atomic E-state index is 0.211. The van der Waals surface area contributed by atoms with Gasteiger partial charge in [0.1, 0.15) is 9.84 Å². The molecule has 0 radical (unpaired) electrons. The van der Waals surface area contributed by atoms with Crippen LogP contribution < -0.4 is 0 Å². The van der Waals surface area contributed by atoms with E-state index in [2.05, 4.69) is 4.98 Å². The van der Waals surface area contributed by atoms with Crippen molar-refractivity contribution in [1.29, 1.82) is 0 Å². The molecule has 1 aromatic heterocycles. The first kappa shape index (κ1) is 10.2. The summed E-state index contributed by atoms with van der Waals surface area (Å²) in [7, 11) is -2.87. The first-order valence-corrected chi connectivity index (χ1v) is 6.84. The molecule has 15 heavy (non-hydrogen) atoms. The van der Waals surface area contributed by atoms with E-state index in [1.54, 1.807) is 0 Å². The quantitative estimate of drug-likeness (QED) is 0.862. The lowest BCUT2D eigenvalue weighted by Gasteiger charge is -2.00. The van der Waals surface area contributed by atoms with Crippen LogP contribution >= 0.6 is 0 Å². The van der Waals surface area contributed by atoms with Crippen molar-refractivity contribution in [2.75, 3.05) is 12.0 Å². The number of benzene rings is 1. The third-order valence-electron chi connectivity index (χ3n) is 2.38. The number of nitrogens with one attached hydrogen (secondary N) is 1. The zero-order chi connectivity index (χ0) is 10.9. The molecule has 0 bridgehead atoms. The average molecular weight is 223 g/mol. The lowest BCUT2D eigenvalue weighted by Crippen LogP contribution is -2.05. The molecule has 0 spiro atoms. The Balaban J connectivity index is 2.21. The van der Waals surface area contributed by atoms with Crippen molar-refractivity contribution < 1.29 is 8.42 Å². The van der Waals surface area contributed by atoms with Gasteiger partial charge in [-0.2, -0.15) is 0 Å². The van der Waals surface area contributed by atoms with Crippen LogP contribution in [0, 0.1) is 0 Å². The van der Waals surface area contributed by atoms with Crippen molar-refractivity contribution in [3.8, 4) is 0 Å². The molecular formula is C11H13NO2S. The molecule has 0 saturated heterocycles. The van der Waals surface area contributed by atoms with Gasteiger partial charge in [-0.15, -0.1) is 0 Å². The fraction of sp³-hybridized carbons (Fsp3) is 0.273. The Kier molecular flexibility index (Phi) is 2.52. The Hall–Kier alpha value is -1.29. The number of fused-ring (bicyclic) bond motifs is 1. The third kappa shape index (κ3) is 2.59. The van der Waals surface area contributed by atoms with Crippen molar-refractivity contribution in [1.82, 2.24) is 4.98 Å². The molecule has 0 saturated carbocycles. The van der Waals surface area contributed by atoms with Gasteiger partial charge in [-0.1, -0.05) is 6.07 Å². The largest absolute Gasteiger partial charge is 0.361 e. The molecular weight excluding hydrogens is 210 g/mol. The van der Waals surface area contributed by atoms with Crippen LogP contribution in [0.3, 0.4) is 0 Å². The lowest BCUT2D eigenvalue weighted by molar-refractivity contribution is 0.601. The molecule has 4 heteroatoms. The Morgan fingerprint density at radius 2 is 2.07 bits per heavy atom. The van der Waals surface area contributed by atoms with E-state index in [0.717, 1.165) is 16.5 Å². The Morgan fingerprint density at radius 3 is 2.80 bits per heavy atom. The van der Waals surface area contributed by atoms with Gasteiger partial charge in [-0.3, -0.25) is 0 Å². The van der Waals surface area contributed by atoms with Crippen LogP contribution in [0.2, 0.25) is 0 Å². The molecule has 0 unspecified atom stereocenters. The second-order valence-corrected chi connectivity index (χ2v) is 6.04. The Bertz CT molecular complexity index is 569. The van der Waals surface area contributed by atoms with Crippen LogP contribution in [0.15, 0.2) is 30.5 Å². The number of aromatic nitrogens is 1. The second-order valence-electron chi connectivity index (χ2n) is 3.78. The Labute approximate surface area is 89.0 Å². The summed E-state index contributed by atoms with van der Waals surface area (Å²) in [4.78, 5) is 3.10. The molecule has 0 fully saturated rings.